The molecule has 0 bridgehead atoms. The number of nitrogens with one attached hydrogen (secondary N) is 1. The molecule has 1 aliphatic heterocycles. The zero-order valence-electron chi connectivity index (χ0n) is 14.5. The predicted octanol–water partition coefficient (Wildman–Crippen LogP) is 3.62. The van der Waals surface area contributed by atoms with Gasteiger partial charge in [0.15, 0.2) is 0 Å². The van der Waals surface area contributed by atoms with E-state index in [2.05, 4.69) is 4.72 Å². The number of sulfonamides is 1. The predicted molar refractivity (Wildman–Crippen MR) is 99.4 cm³/mol. The summed E-state index contributed by atoms with van der Waals surface area (Å²) < 4.78 is 27.8. The van der Waals surface area contributed by atoms with Gasteiger partial charge in [0.05, 0.1) is 4.90 Å². The molecular weight excluding hydrogens is 336 g/mol. The summed E-state index contributed by atoms with van der Waals surface area (Å²) in [4.78, 5) is 13.9. The molecule has 0 saturated carbocycles. The summed E-state index contributed by atoms with van der Waals surface area (Å²) >= 11 is 0. The fraction of sp³-hybridized carbons (Fsp3) is 0.316. The summed E-state index contributed by atoms with van der Waals surface area (Å²) in [5.41, 5.74) is 3.29. The summed E-state index contributed by atoms with van der Waals surface area (Å²) in [5, 5.41) is 0. The number of hydrogen-bond donors (Lipinski definition) is 1. The molecule has 2 aromatic carbocycles. The van der Waals surface area contributed by atoms with Crippen molar-refractivity contribution in [1.82, 2.24) is 0 Å². The molecule has 6 heteroatoms. The maximum atomic E-state index is 12.6. The van der Waals surface area contributed by atoms with Crippen LogP contribution in [0.4, 0.5) is 11.4 Å². The Bertz CT molecular complexity index is 869. The molecule has 132 valence electrons. The van der Waals surface area contributed by atoms with Gasteiger partial charge in [-0.05, 0) is 74.2 Å². The smallest absolute Gasteiger partial charge is 0.261 e. The van der Waals surface area contributed by atoms with E-state index in [1.54, 1.807) is 41.3 Å². The largest absolute Gasteiger partial charge is 0.312 e. The van der Waals surface area contributed by atoms with Crippen LogP contribution in [0.3, 0.4) is 0 Å². The van der Waals surface area contributed by atoms with Crippen LogP contribution in [-0.4, -0.2) is 20.9 Å². The third kappa shape index (κ3) is 4.02. The van der Waals surface area contributed by atoms with Crippen molar-refractivity contribution in [3.8, 4) is 0 Å². The summed E-state index contributed by atoms with van der Waals surface area (Å²) in [6.45, 7) is 4.54. The van der Waals surface area contributed by atoms with Gasteiger partial charge in [0.2, 0.25) is 5.91 Å². The highest BCUT2D eigenvalue weighted by Crippen LogP contribution is 2.24. The Hall–Kier alpha value is -2.34. The Labute approximate surface area is 148 Å². The summed E-state index contributed by atoms with van der Waals surface area (Å²) in [6.07, 6.45) is 2.44. The number of piperidine rings is 1. The molecular formula is C19H22N2O3S. The number of benzene rings is 2. The maximum Gasteiger partial charge on any atom is 0.261 e. The van der Waals surface area contributed by atoms with Crippen molar-refractivity contribution < 1.29 is 13.2 Å². The molecule has 2 aromatic rings. The molecule has 25 heavy (non-hydrogen) atoms. The number of carbonyl (C=O) groups is 1. The first kappa shape index (κ1) is 17.5. The molecule has 1 fully saturated rings. The first-order valence-electron chi connectivity index (χ1n) is 8.37. The lowest BCUT2D eigenvalue weighted by Crippen LogP contribution is -2.35. The standard InChI is InChI=1S/C19H22N2O3S/c1-14-11-15(2)13-16(12-14)20-25(23,24)18-8-6-17(7-9-18)21-10-4-3-5-19(21)22/h6-9,11-13,20H,3-5,10H2,1-2H3. The van der Waals surface area contributed by atoms with E-state index >= 15 is 0 Å². The lowest BCUT2D eigenvalue weighted by atomic mass is 10.1. The van der Waals surface area contributed by atoms with E-state index in [-0.39, 0.29) is 10.8 Å². The van der Waals surface area contributed by atoms with Crippen LogP contribution in [0.1, 0.15) is 30.4 Å². The van der Waals surface area contributed by atoms with Crippen LogP contribution in [0.5, 0.6) is 0 Å². The number of nitrogens with zero attached hydrogens (tertiary/aromatic N) is 1. The van der Waals surface area contributed by atoms with Crippen molar-refractivity contribution in [3.63, 3.8) is 0 Å². The lowest BCUT2D eigenvalue weighted by Gasteiger charge is -2.26. The highest BCUT2D eigenvalue weighted by molar-refractivity contribution is 7.92. The number of carbonyl (C=O) groups excluding carboxylic acids is 1. The van der Waals surface area contributed by atoms with E-state index in [1.165, 1.54) is 0 Å². The van der Waals surface area contributed by atoms with E-state index in [1.807, 2.05) is 19.9 Å². The summed E-state index contributed by atoms with van der Waals surface area (Å²) in [5.74, 6) is 0.0928. The molecule has 0 radical (unpaired) electrons. The highest BCUT2D eigenvalue weighted by Gasteiger charge is 2.21. The summed E-state index contributed by atoms with van der Waals surface area (Å²) in [7, 11) is -3.66. The van der Waals surface area contributed by atoms with Gasteiger partial charge in [0, 0.05) is 24.3 Å². The number of aryl methyl sites for hydroxylation is 2. The van der Waals surface area contributed by atoms with E-state index in [0.29, 0.717) is 18.7 Å². The molecule has 3 rings (SSSR count). The molecule has 1 amide bonds. The van der Waals surface area contributed by atoms with Gasteiger partial charge >= 0.3 is 0 Å². The Kier molecular flexibility index (Phi) is 4.81. The third-order valence-electron chi connectivity index (χ3n) is 4.26. The Morgan fingerprint density at radius 2 is 1.60 bits per heavy atom. The van der Waals surface area contributed by atoms with Crippen molar-refractivity contribution in [2.24, 2.45) is 0 Å². The SMILES string of the molecule is Cc1cc(C)cc(NS(=O)(=O)c2ccc(N3CCCCC3=O)cc2)c1. The fourth-order valence-electron chi connectivity index (χ4n) is 3.13. The van der Waals surface area contributed by atoms with Crippen LogP contribution in [0.2, 0.25) is 0 Å². The zero-order valence-corrected chi connectivity index (χ0v) is 15.3. The lowest BCUT2D eigenvalue weighted by molar-refractivity contribution is -0.119. The number of hydrogen-bond acceptors (Lipinski definition) is 3. The van der Waals surface area contributed by atoms with Crippen LogP contribution in [0.25, 0.3) is 0 Å². The molecule has 0 aliphatic carbocycles. The van der Waals surface area contributed by atoms with Gasteiger partial charge in [-0.15, -0.1) is 0 Å². The van der Waals surface area contributed by atoms with Gasteiger partial charge in [0.25, 0.3) is 10.0 Å². The number of rotatable bonds is 4. The van der Waals surface area contributed by atoms with Crippen molar-refractivity contribution >= 4 is 27.3 Å². The second-order valence-corrected chi connectivity index (χ2v) is 8.16. The number of amides is 1. The van der Waals surface area contributed by atoms with Crippen LogP contribution >= 0.6 is 0 Å². The first-order valence-corrected chi connectivity index (χ1v) is 9.85. The molecule has 0 aromatic heterocycles. The average Bonchev–Trinajstić information content (AvgIpc) is 2.54. The molecule has 1 heterocycles. The molecule has 1 N–H and O–H groups in total. The topological polar surface area (TPSA) is 66.5 Å². The molecule has 5 nitrogen and oxygen atoms in total. The van der Waals surface area contributed by atoms with Crippen molar-refractivity contribution in [2.45, 2.75) is 38.0 Å². The van der Waals surface area contributed by atoms with Crippen LogP contribution < -0.4 is 9.62 Å². The minimum atomic E-state index is -3.66. The van der Waals surface area contributed by atoms with E-state index in [0.717, 1.165) is 29.7 Å². The highest BCUT2D eigenvalue weighted by atomic mass is 32.2. The van der Waals surface area contributed by atoms with E-state index in [9.17, 15) is 13.2 Å². The quantitative estimate of drug-likeness (QED) is 0.908. The Morgan fingerprint density at radius 1 is 0.960 bits per heavy atom. The molecule has 1 saturated heterocycles. The van der Waals surface area contributed by atoms with Crippen LogP contribution in [0.15, 0.2) is 47.4 Å². The normalized spacial score (nSPS) is 15.3. The fourth-order valence-corrected chi connectivity index (χ4v) is 4.17. The van der Waals surface area contributed by atoms with Crippen molar-refractivity contribution in [2.75, 3.05) is 16.2 Å². The van der Waals surface area contributed by atoms with Crippen molar-refractivity contribution in [3.05, 3.63) is 53.6 Å². The van der Waals surface area contributed by atoms with Gasteiger partial charge in [-0.3, -0.25) is 9.52 Å². The second-order valence-electron chi connectivity index (χ2n) is 6.48. The minimum absolute atomic E-state index is 0.0928. The Balaban J connectivity index is 1.81. The van der Waals surface area contributed by atoms with Gasteiger partial charge in [-0.2, -0.15) is 0 Å². The molecule has 0 unspecified atom stereocenters. The second kappa shape index (κ2) is 6.88. The Morgan fingerprint density at radius 3 is 2.20 bits per heavy atom. The van der Waals surface area contributed by atoms with Gasteiger partial charge < -0.3 is 4.90 Å². The number of anilines is 2. The molecule has 1 aliphatic rings. The van der Waals surface area contributed by atoms with Crippen LogP contribution in [-0.2, 0) is 14.8 Å². The first-order chi connectivity index (χ1) is 11.8. The van der Waals surface area contributed by atoms with E-state index < -0.39 is 10.0 Å². The van der Waals surface area contributed by atoms with Crippen molar-refractivity contribution in [1.29, 1.82) is 0 Å². The average molecular weight is 358 g/mol. The maximum absolute atomic E-state index is 12.6. The van der Waals surface area contributed by atoms with Gasteiger partial charge in [-0.25, -0.2) is 8.42 Å². The van der Waals surface area contributed by atoms with Gasteiger partial charge in [-0.1, -0.05) is 6.07 Å². The zero-order chi connectivity index (χ0) is 18.0. The third-order valence-corrected chi connectivity index (χ3v) is 5.65. The van der Waals surface area contributed by atoms with Crippen LogP contribution in [0, 0.1) is 13.8 Å². The summed E-state index contributed by atoms with van der Waals surface area (Å²) in [6, 6.07) is 12.1. The minimum Gasteiger partial charge on any atom is -0.312 e. The van der Waals surface area contributed by atoms with Gasteiger partial charge in [0.1, 0.15) is 0 Å². The van der Waals surface area contributed by atoms with E-state index in [4.69, 9.17) is 0 Å². The molecule has 0 spiro atoms. The monoisotopic (exact) mass is 358 g/mol. The molecule has 0 atom stereocenters.